The molecule has 2 rings (SSSR count). The van der Waals surface area contributed by atoms with Gasteiger partial charge in [0.25, 0.3) is 0 Å². The molecule has 0 atom stereocenters. The van der Waals surface area contributed by atoms with Gasteiger partial charge in [0.1, 0.15) is 0 Å². The quantitative estimate of drug-likeness (QED) is 0.853. The summed E-state index contributed by atoms with van der Waals surface area (Å²) in [6.45, 7) is 4.39. The van der Waals surface area contributed by atoms with Gasteiger partial charge in [0, 0.05) is 23.0 Å². The van der Waals surface area contributed by atoms with Gasteiger partial charge in [-0.1, -0.05) is 29.8 Å². The van der Waals surface area contributed by atoms with E-state index in [-0.39, 0.29) is 0 Å². The number of halogens is 1. The van der Waals surface area contributed by atoms with E-state index in [4.69, 9.17) is 23.8 Å². The molecule has 0 aliphatic heterocycles. The van der Waals surface area contributed by atoms with Gasteiger partial charge < -0.3 is 10.6 Å². The van der Waals surface area contributed by atoms with Gasteiger partial charge in [-0.2, -0.15) is 0 Å². The fourth-order valence-electron chi connectivity index (χ4n) is 1.74. The molecular weight excluding hydrogens is 292 g/mol. The zero-order valence-electron chi connectivity index (χ0n) is 11.3. The van der Waals surface area contributed by atoms with E-state index in [1.807, 2.05) is 44.2 Å². The summed E-state index contributed by atoms with van der Waals surface area (Å²) in [5.41, 5.74) is 2.78. The predicted molar refractivity (Wildman–Crippen MR) is 86.0 cm³/mol. The molecule has 0 unspecified atom stereocenters. The molecule has 0 amide bonds. The Kier molecular flexibility index (Phi) is 4.87. The average Bonchev–Trinajstić information content (AvgIpc) is 2.36. The molecule has 1 heterocycles. The van der Waals surface area contributed by atoms with Gasteiger partial charge in [-0.3, -0.25) is 0 Å². The highest BCUT2D eigenvalue weighted by atomic mass is 35.5. The van der Waals surface area contributed by atoms with Crippen LogP contribution in [-0.4, -0.2) is 15.1 Å². The lowest BCUT2D eigenvalue weighted by Gasteiger charge is -2.11. The fourth-order valence-corrected chi connectivity index (χ4v) is 2.11. The van der Waals surface area contributed by atoms with Crippen molar-refractivity contribution in [1.82, 2.24) is 15.3 Å². The number of nitrogens with zero attached hydrogens (tertiary/aromatic N) is 2. The average molecular weight is 307 g/mol. The topological polar surface area (TPSA) is 49.8 Å². The smallest absolute Gasteiger partial charge is 0.229 e. The van der Waals surface area contributed by atoms with Gasteiger partial charge in [-0.25, -0.2) is 9.97 Å². The van der Waals surface area contributed by atoms with Crippen molar-refractivity contribution >= 4 is 34.9 Å². The molecule has 0 saturated heterocycles. The number of aromatic nitrogens is 2. The first-order valence-electron chi connectivity index (χ1n) is 6.15. The summed E-state index contributed by atoms with van der Waals surface area (Å²) in [5, 5.41) is 7.23. The van der Waals surface area contributed by atoms with E-state index >= 15 is 0 Å². The van der Waals surface area contributed by atoms with Gasteiger partial charge in [0.05, 0.1) is 0 Å². The number of benzene rings is 1. The Bertz CT molecular complexity index is 610. The van der Waals surface area contributed by atoms with E-state index < -0.39 is 0 Å². The molecule has 1 aromatic carbocycles. The van der Waals surface area contributed by atoms with E-state index in [9.17, 15) is 0 Å². The van der Waals surface area contributed by atoms with Crippen LogP contribution in [0.1, 0.15) is 17.0 Å². The number of nitrogens with one attached hydrogen (secondary N) is 2. The van der Waals surface area contributed by atoms with Crippen LogP contribution in [0, 0.1) is 13.8 Å². The molecular formula is C14H15ClN4S. The van der Waals surface area contributed by atoms with E-state index in [1.165, 1.54) is 0 Å². The number of hydrogen-bond acceptors (Lipinski definition) is 3. The van der Waals surface area contributed by atoms with Crippen molar-refractivity contribution < 1.29 is 0 Å². The monoisotopic (exact) mass is 306 g/mol. The highest BCUT2D eigenvalue weighted by molar-refractivity contribution is 7.80. The third-order valence-electron chi connectivity index (χ3n) is 2.60. The Labute approximate surface area is 128 Å². The minimum atomic E-state index is 0.468. The minimum Gasteiger partial charge on any atom is -0.358 e. The summed E-state index contributed by atoms with van der Waals surface area (Å²) in [4.78, 5) is 8.54. The van der Waals surface area contributed by atoms with E-state index in [1.54, 1.807) is 0 Å². The largest absolute Gasteiger partial charge is 0.358 e. The highest BCUT2D eigenvalue weighted by Crippen LogP contribution is 2.14. The second-order valence-electron chi connectivity index (χ2n) is 4.37. The maximum atomic E-state index is 6.08. The van der Waals surface area contributed by atoms with Crippen molar-refractivity contribution in [2.24, 2.45) is 0 Å². The maximum Gasteiger partial charge on any atom is 0.229 e. The highest BCUT2D eigenvalue weighted by Gasteiger charge is 2.03. The molecule has 0 spiro atoms. The van der Waals surface area contributed by atoms with Crippen molar-refractivity contribution in [1.29, 1.82) is 0 Å². The van der Waals surface area contributed by atoms with Crippen LogP contribution in [0.4, 0.5) is 5.95 Å². The summed E-state index contributed by atoms with van der Waals surface area (Å²) in [5.74, 6) is 0.499. The first-order valence-corrected chi connectivity index (χ1v) is 6.94. The third-order valence-corrected chi connectivity index (χ3v) is 3.22. The van der Waals surface area contributed by atoms with Crippen LogP contribution in [0.2, 0.25) is 5.02 Å². The van der Waals surface area contributed by atoms with Crippen molar-refractivity contribution in [3.05, 3.63) is 52.3 Å². The number of hydrogen-bond donors (Lipinski definition) is 2. The number of thiocarbonyl (C=S) groups is 1. The lowest BCUT2D eigenvalue weighted by atomic mass is 10.2. The summed E-state index contributed by atoms with van der Waals surface area (Å²) < 4.78 is 0. The molecule has 0 saturated carbocycles. The van der Waals surface area contributed by atoms with Crippen LogP contribution in [0.25, 0.3) is 0 Å². The van der Waals surface area contributed by atoms with Crippen molar-refractivity contribution in [2.45, 2.75) is 20.4 Å². The van der Waals surface area contributed by atoms with Gasteiger partial charge >= 0.3 is 0 Å². The van der Waals surface area contributed by atoms with Crippen LogP contribution < -0.4 is 10.6 Å². The Balaban J connectivity index is 1.94. The predicted octanol–water partition coefficient (Wildman–Crippen LogP) is 3.23. The van der Waals surface area contributed by atoms with Crippen LogP contribution in [-0.2, 0) is 6.54 Å². The molecule has 2 aromatic rings. The van der Waals surface area contributed by atoms with Crippen LogP contribution in [0.5, 0.6) is 0 Å². The molecule has 4 nitrogen and oxygen atoms in total. The molecule has 0 fully saturated rings. The zero-order valence-corrected chi connectivity index (χ0v) is 12.8. The minimum absolute atomic E-state index is 0.468. The molecule has 0 radical (unpaired) electrons. The van der Waals surface area contributed by atoms with Gasteiger partial charge in [-0.15, -0.1) is 0 Å². The Morgan fingerprint density at radius 3 is 2.50 bits per heavy atom. The lowest BCUT2D eigenvalue weighted by Crippen LogP contribution is -2.29. The summed E-state index contributed by atoms with van der Waals surface area (Å²) in [6, 6.07) is 9.54. The summed E-state index contributed by atoms with van der Waals surface area (Å²) in [6.07, 6.45) is 0. The normalized spacial score (nSPS) is 10.2. The molecule has 1 aromatic heterocycles. The first kappa shape index (κ1) is 14.7. The molecule has 0 aliphatic rings. The Hall–Kier alpha value is -1.72. The van der Waals surface area contributed by atoms with Gasteiger partial charge in [0.15, 0.2) is 5.11 Å². The summed E-state index contributed by atoms with van der Waals surface area (Å²) >= 11 is 11.3. The lowest BCUT2D eigenvalue weighted by molar-refractivity contribution is 0.922. The Morgan fingerprint density at radius 2 is 1.85 bits per heavy atom. The second-order valence-corrected chi connectivity index (χ2v) is 5.19. The van der Waals surface area contributed by atoms with E-state index in [0.717, 1.165) is 17.0 Å². The number of anilines is 1. The molecule has 20 heavy (non-hydrogen) atoms. The molecule has 0 bridgehead atoms. The van der Waals surface area contributed by atoms with Crippen molar-refractivity contribution in [2.75, 3.05) is 5.32 Å². The maximum absolute atomic E-state index is 6.08. The number of rotatable bonds is 3. The van der Waals surface area contributed by atoms with Crippen LogP contribution >= 0.6 is 23.8 Å². The standard InChI is InChI=1S/C14H15ClN4S/c1-9-7-10(2)18-13(17-9)19-14(20)16-8-11-5-3-4-6-12(11)15/h3-7H,8H2,1-2H3,(H2,16,17,18,19,20). The molecule has 6 heteroatoms. The molecule has 0 aliphatic carbocycles. The SMILES string of the molecule is Cc1cc(C)nc(NC(=S)NCc2ccccc2Cl)n1. The zero-order chi connectivity index (χ0) is 14.5. The second kappa shape index (κ2) is 6.63. The van der Waals surface area contributed by atoms with Crippen LogP contribution in [0.15, 0.2) is 30.3 Å². The third kappa shape index (κ3) is 4.15. The summed E-state index contributed by atoms with van der Waals surface area (Å²) in [7, 11) is 0. The van der Waals surface area contributed by atoms with E-state index in [2.05, 4.69) is 20.6 Å². The van der Waals surface area contributed by atoms with Gasteiger partial charge in [0.2, 0.25) is 5.95 Å². The van der Waals surface area contributed by atoms with E-state index in [0.29, 0.717) is 22.6 Å². The Morgan fingerprint density at radius 1 is 1.20 bits per heavy atom. The number of aryl methyl sites for hydroxylation is 2. The van der Waals surface area contributed by atoms with Crippen molar-refractivity contribution in [3.8, 4) is 0 Å². The van der Waals surface area contributed by atoms with Gasteiger partial charge in [-0.05, 0) is 43.8 Å². The van der Waals surface area contributed by atoms with Crippen LogP contribution in [0.3, 0.4) is 0 Å². The molecule has 104 valence electrons. The fraction of sp³-hybridized carbons (Fsp3) is 0.214. The molecule has 2 N–H and O–H groups in total. The van der Waals surface area contributed by atoms with Crippen molar-refractivity contribution in [3.63, 3.8) is 0 Å². The first-order chi connectivity index (χ1) is 9.54.